The van der Waals surface area contributed by atoms with Gasteiger partial charge in [0.2, 0.25) is 0 Å². The number of aliphatic hydroxyl groups is 1. The zero-order chi connectivity index (χ0) is 17.5. The molecular weight excluding hydrogens is 352 g/mol. The molecule has 0 saturated carbocycles. The summed E-state index contributed by atoms with van der Waals surface area (Å²) in [7, 11) is 0. The summed E-state index contributed by atoms with van der Waals surface area (Å²) in [4.78, 5) is 12.4. The molecule has 0 radical (unpaired) electrons. The van der Waals surface area contributed by atoms with Crippen LogP contribution in [0.3, 0.4) is 0 Å². The van der Waals surface area contributed by atoms with Crippen molar-refractivity contribution in [2.45, 2.75) is 18.6 Å². The topological polar surface area (TPSA) is 46.5 Å². The summed E-state index contributed by atoms with van der Waals surface area (Å²) in [6, 6.07) is 27.8. The Morgan fingerprint density at radius 2 is 1.23 bits per heavy atom. The van der Waals surface area contributed by atoms with Crippen LogP contribution in [-0.2, 0) is 4.74 Å². The molecule has 0 aliphatic rings. The fourth-order valence-corrected chi connectivity index (χ4v) is 2.71. The second-order valence-corrected chi connectivity index (χ2v) is 5.83. The van der Waals surface area contributed by atoms with E-state index < -0.39 is 18.2 Å². The Morgan fingerprint density at radius 3 is 1.77 bits per heavy atom. The Morgan fingerprint density at radius 1 is 0.769 bits per heavy atom. The van der Waals surface area contributed by atoms with Gasteiger partial charge in [-0.25, -0.2) is 4.79 Å². The van der Waals surface area contributed by atoms with E-state index in [0.29, 0.717) is 12.0 Å². The molecule has 0 spiro atoms. The predicted molar refractivity (Wildman–Crippen MR) is 106 cm³/mol. The van der Waals surface area contributed by atoms with E-state index in [1.807, 2.05) is 66.7 Å². The molecule has 1 N–H and O–H groups in total. The number of benzene rings is 3. The Kier molecular flexibility index (Phi) is 8.33. The molecule has 2 unspecified atom stereocenters. The van der Waals surface area contributed by atoms with Crippen molar-refractivity contribution < 1.29 is 14.6 Å². The van der Waals surface area contributed by atoms with Gasteiger partial charge in [-0.1, -0.05) is 78.9 Å². The Balaban J connectivity index is 0.00000243. The van der Waals surface area contributed by atoms with Gasteiger partial charge in [-0.3, -0.25) is 0 Å². The summed E-state index contributed by atoms with van der Waals surface area (Å²) in [6.07, 6.45) is -0.939. The quantitative estimate of drug-likeness (QED) is 0.527. The van der Waals surface area contributed by atoms with E-state index in [1.165, 1.54) is 0 Å². The van der Waals surface area contributed by atoms with Crippen LogP contribution in [0.15, 0.2) is 91.0 Å². The molecule has 130 valence electrons. The molecule has 3 rings (SSSR count). The van der Waals surface area contributed by atoms with Crippen LogP contribution in [0.2, 0.25) is 0 Å². The zero-order valence-corrected chi connectivity index (χ0v) is 13.8. The van der Waals surface area contributed by atoms with E-state index in [0.717, 1.165) is 11.1 Å². The van der Waals surface area contributed by atoms with Gasteiger partial charge in [0.15, 0.2) is 0 Å². The Labute approximate surface area is 183 Å². The van der Waals surface area contributed by atoms with Crippen molar-refractivity contribution >= 4 is 43.7 Å². The summed E-state index contributed by atoms with van der Waals surface area (Å²) < 4.78 is 5.72. The monoisotopic (exact) mass is 374 g/mol. The van der Waals surface area contributed by atoms with Gasteiger partial charge in [0.25, 0.3) is 0 Å². The molecule has 3 aromatic carbocycles. The summed E-state index contributed by atoms with van der Waals surface area (Å²) in [5.74, 6) is -0.394. The normalized spacial score (nSPS) is 12.5. The van der Waals surface area contributed by atoms with Crippen LogP contribution in [0.4, 0.5) is 0 Å². The number of esters is 1. The third kappa shape index (κ3) is 5.68. The van der Waals surface area contributed by atoms with Crippen molar-refractivity contribution in [3.63, 3.8) is 0 Å². The molecule has 26 heavy (non-hydrogen) atoms. The standard InChI is InChI=1S/C22H20O3.Ca.2H/c23-20(17-10-4-1-5-11-17)16-21(18-12-6-2-7-13-18)25-22(24)19-14-8-3-9-15-19;;;/h1-15,20-21,23H,16H2;;;. The summed E-state index contributed by atoms with van der Waals surface area (Å²) >= 11 is 0. The van der Waals surface area contributed by atoms with Gasteiger partial charge in [0.1, 0.15) is 6.10 Å². The zero-order valence-electron chi connectivity index (χ0n) is 13.8. The Hall–Kier alpha value is -1.65. The molecule has 0 aliphatic heterocycles. The van der Waals surface area contributed by atoms with Crippen molar-refractivity contribution in [2.24, 2.45) is 0 Å². The minimum absolute atomic E-state index is 0. The summed E-state index contributed by atoms with van der Waals surface area (Å²) in [5.41, 5.74) is 2.17. The molecule has 0 fully saturated rings. The maximum atomic E-state index is 12.4. The first-order valence-corrected chi connectivity index (χ1v) is 8.28. The molecular formula is C22H22CaO3. The van der Waals surface area contributed by atoms with Gasteiger partial charge in [-0.15, -0.1) is 0 Å². The molecule has 0 amide bonds. The second-order valence-electron chi connectivity index (χ2n) is 5.83. The van der Waals surface area contributed by atoms with Crippen molar-refractivity contribution in [1.29, 1.82) is 0 Å². The van der Waals surface area contributed by atoms with Gasteiger partial charge in [-0.05, 0) is 23.3 Å². The molecule has 0 aromatic heterocycles. The minimum atomic E-state index is -0.713. The van der Waals surface area contributed by atoms with Crippen molar-refractivity contribution in [1.82, 2.24) is 0 Å². The van der Waals surface area contributed by atoms with Crippen LogP contribution in [0.25, 0.3) is 0 Å². The van der Waals surface area contributed by atoms with Gasteiger partial charge < -0.3 is 9.84 Å². The predicted octanol–water partition coefficient (Wildman–Crippen LogP) is 3.79. The number of carbonyl (C=O) groups excluding carboxylic acids is 1. The third-order valence-electron chi connectivity index (χ3n) is 4.05. The van der Waals surface area contributed by atoms with Crippen LogP contribution >= 0.6 is 0 Å². The van der Waals surface area contributed by atoms with Crippen LogP contribution < -0.4 is 0 Å². The fourth-order valence-electron chi connectivity index (χ4n) is 2.71. The van der Waals surface area contributed by atoms with Gasteiger partial charge in [0.05, 0.1) is 11.7 Å². The molecule has 0 bridgehead atoms. The fraction of sp³-hybridized carbons (Fsp3) is 0.136. The molecule has 3 aromatic rings. The summed E-state index contributed by atoms with van der Waals surface area (Å²) in [5, 5.41) is 10.5. The average Bonchev–Trinajstić information content (AvgIpc) is 2.69. The van der Waals surface area contributed by atoms with E-state index in [9.17, 15) is 9.90 Å². The first-order chi connectivity index (χ1) is 12.2. The average molecular weight is 374 g/mol. The van der Waals surface area contributed by atoms with Crippen LogP contribution in [0.1, 0.15) is 40.1 Å². The number of carbonyl (C=O) groups is 1. The van der Waals surface area contributed by atoms with Gasteiger partial charge >= 0.3 is 43.7 Å². The van der Waals surface area contributed by atoms with Crippen LogP contribution in [-0.4, -0.2) is 48.8 Å². The van der Waals surface area contributed by atoms with E-state index in [2.05, 4.69) is 0 Å². The van der Waals surface area contributed by atoms with Crippen LogP contribution in [0.5, 0.6) is 0 Å². The van der Waals surface area contributed by atoms with Gasteiger partial charge in [0, 0.05) is 6.42 Å². The SMILES string of the molecule is O=C(OC(CC(O)c1ccccc1)c1ccccc1)c1ccccc1.[CaH2]. The number of hydrogen-bond donors (Lipinski definition) is 1. The third-order valence-corrected chi connectivity index (χ3v) is 4.05. The molecule has 4 heteroatoms. The van der Waals surface area contributed by atoms with E-state index >= 15 is 0 Å². The van der Waals surface area contributed by atoms with Crippen LogP contribution in [0, 0.1) is 0 Å². The Bertz CT molecular complexity index is 791. The molecule has 0 aliphatic carbocycles. The van der Waals surface area contributed by atoms with E-state index in [-0.39, 0.29) is 37.7 Å². The first kappa shape index (κ1) is 20.7. The number of rotatable bonds is 6. The van der Waals surface area contributed by atoms with Gasteiger partial charge in [-0.2, -0.15) is 0 Å². The van der Waals surface area contributed by atoms with E-state index in [1.54, 1.807) is 24.3 Å². The van der Waals surface area contributed by atoms with Crippen molar-refractivity contribution in [3.05, 3.63) is 108 Å². The van der Waals surface area contributed by atoms with Crippen molar-refractivity contribution in [2.75, 3.05) is 0 Å². The van der Waals surface area contributed by atoms with Crippen molar-refractivity contribution in [3.8, 4) is 0 Å². The van der Waals surface area contributed by atoms with E-state index in [4.69, 9.17) is 4.74 Å². The molecule has 0 heterocycles. The molecule has 3 nitrogen and oxygen atoms in total. The molecule has 0 saturated heterocycles. The second kappa shape index (κ2) is 10.5. The number of ether oxygens (including phenoxy) is 1. The number of aliphatic hydroxyl groups excluding tert-OH is 1. The first-order valence-electron chi connectivity index (χ1n) is 8.28. The molecule has 2 atom stereocenters. The number of hydrogen-bond acceptors (Lipinski definition) is 3. The maximum absolute atomic E-state index is 12.4. The summed E-state index contributed by atoms with van der Waals surface area (Å²) in [6.45, 7) is 0.